The molecular formula is C13H11Cl2N7O. The molecule has 0 unspecified atom stereocenters. The number of nitrogens with two attached hydrogens (primary N) is 1. The van der Waals surface area contributed by atoms with E-state index in [9.17, 15) is 0 Å². The number of benzene rings is 1. The van der Waals surface area contributed by atoms with Crippen LogP contribution in [0.2, 0.25) is 10.0 Å². The van der Waals surface area contributed by atoms with Crippen LogP contribution in [-0.4, -0.2) is 32.3 Å². The van der Waals surface area contributed by atoms with Gasteiger partial charge in [-0.05, 0) is 12.1 Å². The average molecular weight is 352 g/mol. The molecule has 0 saturated carbocycles. The van der Waals surface area contributed by atoms with E-state index in [-0.39, 0.29) is 12.0 Å². The van der Waals surface area contributed by atoms with E-state index < -0.39 is 0 Å². The van der Waals surface area contributed by atoms with E-state index in [1.807, 2.05) is 0 Å². The smallest absolute Gasteiger partial charge is 0.316 e. The second-order valence-corrected chi connectivity index (χ2v) is 5.26. The third-order valence-electron chi connectivity index (χ3n) is 2.90. The maximum absolute atomic E-state index is 6.33. The molecule has 3 aromatic rings. The van der Waals surface area contributed by atoms with Crippen molar-refractivity contribution < 1.29 is 4.74 Å². The third kappa shape index (κ3) is 3.27. The van der Waals surface area contributed by atoms with Gasteiger partial charge in [0.05, 0.1) is 17.2 Å². The number of methoxy groups -OCH3 is 1. The van der Waals surface area contributed by atoms with Crippen molar-refractivity contribution in [2.75, 3.05) is 18.2 Å². The van der Waals surface area contributed by atoms with Crippen molar-refractivity contribution in [1.82, 2.24) is 25.1 Å². The number of halogens is 2. The molecule has 0 amide bonds. The minimum absolute atomic E-state index is 0.205. The third-order valence-corrected chi connectivity index (χ3v) is 3.50. The molecule has 1 aromatic carbocycles. The highest BCUT2D eigenvalue weighted by atomic mass is 35.5. The first-order valence-electron chi connectivity index (χ1n) is 6.37. The van der Waals surface area contributed by atoms with Crippen molar-refractivity contribution in [2.45, 2.75) is 0 Å². The van der Waals surface area contributed by atoms with E-state index in [1.165, 1.54) is 7.11 Å². The quantitative estimate of drug-likeness (QED) is 0.661. The number of nitrogens with one attached hydrogen (secondary N) is 2. The van der Waals surface area contributed by atoms with Crippen LogP contribution in [-0.2, 0) is 0 Å². The second kappa shape index (κ2) is 6.27. The Morgan fingerprint density at radius 2 is 1.83 bits per heavy atom. The Labute approximate surface area is 141 Å². The summed E-state index contributed by atoms with van der Waals surface area (Å²) in [5, 5.41) is 10.2. The zero-order valence-corrected chi connectivity index (χ0v) is 13.4. The van der Waals surface area contributed by atoms with Gasteiger partial charge in [-0.1, -0.05) is 23.2 Å². The van der Waals surface area contributed by atoms with E-state index in [4.69, 9.17) is 33.7 Å². The Morgan fingerprint density at radius 3 is 2.35 bits per heavy atom. The topological polar surface area (TPSA) is 115 Å². The number of ether oxygens (including phenoxy) is 1. The molecule has 2 aromatic heterocycles. The molecule has 3 rings (SSSR count). The summed E-state index contributed by atoms with van der Waals surface area (Å²) in [6.45, 7) is 0. The highest BCUT2D eigenvalue weighted by Crippen LogP contribution is 2.37. The van der Waals surface area contributed by atoms with E-state index in [1.54, 1.807) is 24.5 Å². The highest BCUT2D eigenvalue weighted by molar-refractivity contribution is 6.39. The average Bonchev–Trinajstić information content (AvgIpc) is 2.92. The van der Waals surface area contributed by atoms with Gasteiger partial charge in [0.25, 0.3) is 0 Å². The number of nitrogen functional groups attached to an aromatic ring is 1. The van der Waals surface area contributed by atoms with E-state index in [2.05, 4.69) is 30.5 Å². The van der Waals surface area contributed by atoms with Gasteiger partial charge in [-0.2, -0.15) is 4.98 Å². The summed E-state index contributed by atoms with van der Waals surface area (Å²) in [7, 11) is 1.49. The van der Waals surface area contributed by atoms with Crippen molar-refractivity contribution in [3.05, 3.63) is 34.6 Å². The summed E-state index contributed by atoms with van der Waals surface area (Å²) < 4.78 is 4.93. The molecule has 118 valence electrons. The Hall–Kier alpha value is -2.58. The number of hydrogen-bond acceptors (Lipinski definition) is 7. The zero-order valence-electron chi connectivity index (χ0n) is 11.8. The second-order valence-electron chi connectivity index (χ2n) is 4.44. The van der Waals surface area contributed by atoms with Crippen LogP contribution in [0.1, 0.15) is 0 Å². The van der Waals surface area contributed by atoms with Crippen LogP contribution in [0.25, 0.3) is 11.1 Å². The Balaban J connectivity index is 1.93. The fraction of sp³-hybridized carbons (Fsp3) is 0.0769. The fourth-order valence-electron chi connectivity index (χ4n) is 1.93. The molecule has 0 atom stereocenters. The first-order valence-corrected chi connectivity index (χ1v) is 7.13. The van der Waals surface area contributed by atoms with Gasteiger partial charge in [-0.3, -0.25) is 0 Å². The van der Waals surface area contributed by atoms with Crippen molar-refractivity contribution in [1.29, 1.82) is 0 Å². The van der Waals surface area contributed by atoms with Crippen molar-refractivity contribution in [2.24, 2.45) is 0 Å². The number of aromatic amines is 1. The van der Waals surface area contributed by atoms with Crippen LogP contribution >= 0.6 is 23.2 Å². The fourth-order valence-corrected chi connectivity index (χ4v) is 2.64. The lowest BCUT2D eigenvalue weighted by Gasteiger charge is -2.10. The largest absolute Gasteiger partial charge is 0.467 e. The Bertz CT molecular complexity index is 812. The van der Waals surface area contributed by atoms with Gasteiger partial charge in [0.1, 0.15) is 0 Å². The van der Waals surface area contributed by atoms with Gasteiger partial charge in [0, 0.05) is 29.2 Å². The van der Waals surface area contributed by atoms with Gasteiger partial charge >= 0.3 is 6.01 Å². The summed E-state index contributed by atoms with van der Waals surface area (Å²) in [6, 6.07) is 3.65. The van der Waals surface area contributed by atoms with Crippen LogP contribution in [0.3, 0.4) is 0 Å². The Kier molecular flexibility index (Phi) is 4.18. The number of aromatic nitrogens is 5. The van der Waals surface area contributed by atoms with Crippen LogP contribution in [0, 0.1) is 0 Å². The van der Waals surface area contributed by atoms with Crippen molar-refractivity contribution >= 4 is 40.8 Å². The number of rotatable bonds is 4. The standard InChI is InChI=1S/C13H11Cl2N7O/c1-23-13-17-4-6(5-18-13)10-8(14)2-7(3-9(10)15)19-12-20-11(16)21-22-12/h2-5H,1H3,(H4,16,19,20,21,22). The molecule has 2 heterocycles. The lowest BCUT2D eigenvalue weighted by atomic mass is 10.1. The minimum atomic E-state index is 0.205. The van der Waals surface area contributed by atoms with Crippen molar-refractivity contribution in [3.63, 3.8) is 0 Å². The number of anilines is 3. The lowest BCUT2D eigenvalue weighted by molar-refractivity contribution is 0.380. The van der Waals surface area contributed by atoms with Gasteiger partial charge in [-0.25, -0.2) is 15.1 Å². The molecule has 4 N–H and O–H groups in total. The molecule has 0 saturated heterocycles. The summed E-state index contributed by atoms with van der Waals surface area (Å²) in [5.41, 5.74) is 7.39. The predicted octanol–water partition coefficient (Wildman–Crippen LogP) is 2.90. The van der Waals surface area contributed by atoms with Crippen LogP contribution in [0.5, 0.6) is 6.01 Å². The highest BCUT2D eigenvalue weighted by Gasteiger charge is 2.13. The van der Waals surface area contributed by atoms with E-state index in [0.29, 0.717) is 32.8 Å². The molecule has 0 aliphatic heterocycles. The van der Waals surface area contributed by atoms with Crippen LogP contribution in [0.4, 0.5) is 17.6 Å². The summed E-state index contributed by atoms with van der Waals surface area (Å²) >= 11 is 12.7. The van der Waals surface area contributed by atoms with E-state index >= 15 is 0 Å². The SMILES string of the molecule is COc1ncc(-c2c(Cl)cc(Nc3n[nH]c(N)n3)cc2Cl)cn1. The Morgan fingerprint density at radius 1 is 1.17 bits per heavy atom. The zero-order chi connectivity index (χ0) is 16.4. The molecule has 0 spiro atoms. The molecule has 0 aliphatic carbocycles. The summed E-state index contributed by atoms with van der Waals surface area (Å²) in [4.78, 5) is 12.0. The lowest BCUT2D eigenvalue weighted by Crippen LogP contribution is -1.95. The molecule has 0 aliphatic rings. The normalized spacial score (nSPS) is 10.6. The molecule has 0 bridgehead atoms. The van der Waals surface area contributed by atoms with E-state index in [0.717, 1.165) is 0 Å². The maximum atomic E-state index is 6.33. The van der Waals surface area contributed by atoms with Crippen LogP contribution in [0.15, 0.2) is 24.5 Å². The molecule has 0 fully saturated rings. The van der Waals surface area contributed by atoms with Gasteiger partial charge in [0.15, 0.2) is 0 Å². The molecule has 0 radical (unpaired) electrons. The molecule has 10 heteroatoms. The molecule has 23 heavy (non-hydrogen) atoms. The maximum Gasteiger partial charge on any atom is 0.316 e. The van der Waals surface area contributed by atoms with Crippen molar-refractivity contribution in [3.8, 4) is 17.1 Å². The summed E-state index contributed by atoms with van der Waals surface area (Å²) in [5.74, 6) is 0.520. The first kappa shape index (κ1) is 15.3. The number of nitrogens with zero attached hydrogens (tertiary/aromatic N) is 4. The first-order chi connectivity index (χ1) is 11.1. The van der Waals surface area contributed by atoms with Gasteiger partial charge in [0.2, 0.25) is 11.9 Å². The molecular weight excluding hydrogens is 341 g/mol. The number of H-pyrrole nitrogens is 1. The van der Waals surface area contributed by atoms with Crippen LogP contribution < -0.4 is 15.8 Å². The minimum Gasteiger partial charge on any atom is -0.467 e. The number of hydrogen-bond donors (Lipinski definition) is 3. The molecule has 8 nitrogen and oxygen atoms in total. The summed E-state index contributed by atoms with van der Waals surface area (Å²) in [6.07, 6.45) is 3.17. The van der Waals surface area contributed by atoms with Gasteiger partial charge in [-0.15, -0.1) is 5.10 Å². The van der Waals surface area contributed by atoms with Gasteiger partial charge < -0.3 is 15.8 Å². The monoisotopic (exact) mass is 351 g/mol. The predicted molar refractivity (Wildman–Crippen MR) is 88.1 cm³/mol.